The molecule has 128 valence electrons. The van der Waals surface area contributed by atoms with Gasteiger partial charge in [-0.15, -0.1) is 0 Å². The number of hydrogen-bond acceptors (Lipinski definition) is 3. The van der Waals surface area contributed by atoms with Crippen LogP contribution in [-0.2, 0) is 0 Å². The summed E-state index contributed by atoms with van der Waals surface area (Å²) in [5.41, 5.74) is 0.490. The molecule has 0 aromatic rings. The van der Waals surface area contributed by atoms with E-state index in [1.54, 1.807) is 0 Å². The molecule has 8 aliphatic rings. The lowest BCUT2D eigenvalue weighted by atomic mass is 9.62. The summed E-state index contributed by atoms with van der Waals surface area (Å²) in [7, 11) is 0. The lowest BCUT2D eigenvalue weighted by Crippen LogP contribution is -2.73. The zero-order valence-corrected chi connectivity index (χ0v) is 14.5. The van der Waals surface area contributed by atoms with E-state index in [-0.39, 0.29) is 0 Å². The third-order valence-electron chi connectivity index (χ3n) is 8.96. The summed E-state index contributed by atoms with van der Waals surface area (Å²) >= 11 is 0. The minimum absolute atomic E-state index is 0.490. The Kier molecular flexibility index (Phi) is 3.04. The lowest BCUT2D eigenvalue weighted by molar-refractivity contribution is -0.0851. The topological polar surface area (TPSA) is 27.3 Å². The summed E-state index contributed by atoms with van der Waals surface area (Å²) in [6.07, 6.45) is 14.8. The van der Waals surface area contributed by atoms with Crippen molar-refractivity contribution in [2.75, 3.05) is 13.1 Å². The maximum atomic E-state index is 4.07. The zero-order valence-electron chi connectivity index (χ0n) is 14.5. The summed E-state index contributed by atoms with van der Waals surface area (Å²) in [4.78, 5) is 3.02. The molecule has 3 heteroatoms. The third kappa shape index (κ3) is 1.99. The molecule has 6 bridgehead atoms. The smallest absolute Gasteiger partial charge is 0.0337 e. The average Bonchev–Trinajstić information content (AvgIpc) is 3.27. The van der Waals surface area contributed by atoms with Crippen molar-refractivity contribution < 1.29 is 0 Å². The van der Waals surface area contributed by atoms with E-state index in [2.05, 4.69) is 15.5 Å². The van der Waals surface area contributed by atoms with Crippen molar-refractivity contribution in [3.05, 3.63) is 0 Å². The summed E-state index contributed by atoms with van der Waals surface area (Å²) in [6, 6.07) is 3.41. The number of rotatable bonds is 2. The first-order valence-electron chi connectivity index (χ1n) is 10.6. The average molecular weight is 316 g/mol. The second kappa shape index (κ2) is 4.95. The molecule has 6 saturated heterocycles. The van der Waals surface area contributed by atoms with Crippen molar-refractivity contribution in [2.24, 2.45) is 17.8 Å². The highest BCUT2D eigenvalue weighted by Gasteiger charge is 2.56. The van der Waals surface area contributed by atoms with Gasteiger partial charge >= 0.3 is 0 Å². The summed E-state index contributed by atoms with van der Waals surface area (Å²) in [5, 5.41) is 8.12. The first kappa shape index (κ1) is 14.1. The van der Waals surface area contributed by atoms with Crippen LogP contribution in [-0.4, -0.2) is 47.7 Å². The third-order valence-corrected chi connectivity index (χ3v) is 8.96. The maximum Gasteiger partial charge on any atom is 0.0337 e. The van der Waals surface area contributed by atoms with Crippen molar-refractivity contribution in [3.8, 4) is 0 Å². The van der Waals surface area contributed by atoms with Crippen LogP contribution in [0.2, 0.25) is 0 Å². The van der Waals surface area contributed by atoms with E-state index in [1.807, 2.05) is 0 Å². The van der Waals surface area contributed by atoms with Crippen molar-refractivity contribution in [1.82, 2.24) is 15.5 Å². The molecule has 23 heavy (non-hydrogen) atoms. The van der Waals surface area contributed by atoms with Crippen LogP contribution in [0.3, 0.4) is 0 Å². The summed E-state index contributed by atoms with van der Waals surface area (Å²) in [5.74, 6) is 3.01. The van der Waals surface area contributed by atoms with Crippen molar-refractivity contribution >= 4 is 0 Å². The molecular formula is C20H33N3. The van der Waals surface area contributed by atoms with Gasteiger partial charge in [0.1, 0.15) is 0 Å². The normalized spacial score (nSPS) is 60.5. The number of piperidine rings is 6. The highest BCUT2D eigenvalue weighted by atomic mass is 15.3. The Balaban J connectivity index is 1.29. The van der Waals surface area contributed by atoms with Gasteiger partial charge in [0.25, 0.3) is 0 Å². The molecule has 2 saturated carbocycles. The molecule has 8 fully saturated rings. The highest BCUT2D eigenvalue weighted by molar-refractivity contribution is 5.14. The molecule has 0 aromatic carbocycles. The van der Waals surface area contributed by atoms with E-state index in [9.17, 15) is 0 Å². The minimum Gasteiger partial charge on any atom is -0.309 e. The number of fused-ring (bicyclic) bond motifs is 8. The molecule has 0 spiro atoms. The van der Waals surface area contributed by atoms with Crippen LogP contribution in [0.1, 0.15) is 64.2 Å². The van der Waals surface area contributed by atoms with Crippen LogP contribution in [0, 0.1) is 17.8 Å². The van der Waals surface area contributed by atoms with Crippen LogP contribution in [0.15, 0.2) is 0 Å². The zero-order chi connectivity index (χ0) is 15.0. The molecule has 2 aliphatic carbocycles. The Morgan fingerprint density at radius 1 is 0.870 bits per heavy atom. The highest BCUT2D eigenvalue weighted by Crippen LogP contribution is 2.50. The quantitative estimate of drug-likeness (QED) is 0.820. The van der Waals surface area contributed by atoms with Gasteiger partial charge < -0.3 is 10.6 Å². The van der Waals surface area contributed by atoms with Crippen LogP contribution in [0.25, 0.3) is 0 Å². The molecule has 2 N–H and O–H groups in total. The van der Waals surface area contributed by atoms with E-state index in [0.717, 1.165) is 41.9 Å². The fraction of sp³-hybridized carbons (Fsp3) is 1.00. The molecule has 6 aliphatic heterocycles. The van der Waals surface area contributed by atoms with Gasteiger partial charge in [0.05, 0.1) is 0 Å². The van der Waals surface area contributed by atoms with Gasteiger partial charge in [-0.25, -0.2) is 0 Å². The van der Waals surface area contributed by atoms with Crippen LogP contribution in [0.4, 0.5) is 0 Å². The monoisotopic (exact) mass is 315 g/mol. The fourth-order valence-electron chi connectivity index (χ4n) is 7.74. The second-order valence-corrected chi connectivity index (χ2v) is 9.89. The Bertz CT molecular complexity index is 470. The molecule has 7 unspecified atom stereocenters. The Morgan fingerprint density at radius 2 is 1.78 bits per heavy atom. The Hall–Kier alpha value is -0.120. The number of hydrogen-bond donors (Lipinski definition) is 2. The van der Waals surface area contributed by atoms with Gasteiger partial charge in [-0.2, -0.15) is 0 Å². The molecular weight excluding hydrogens is 282 g/mol. The SMILES string of the molecule is C1CC2(C3CC4CCN3C(C3NC5CCC3C5)C4)CCC1CN2. The molecule has 6 heterocycles. The first-order valence-corrected chi connectivity index (χ1v) is 10.6. The lowest BCUT2D eigenvalue weighted by Gasteiger charge is -2.62. The minimum atomic E-state index is 0.490. The van der Waals surface area contributed by atoms with E-state index in [1.165, 1.54) is 77.3 Å². The van der Waals surface area contributed by atoms with Crippen molar-refractivity contribution in [2.45, 2.75) is 93.9 Å². The predicted molar refractivity (Wildman–Crippen MR) is 92.4 cm³/mol. The number of nitrogens with zero attached hydrogens (tertiary/aromatic N) is 1. The Labute approximate surface area is 140 Å². The fourth-order valence-corrected chi connectivity index (χ4v) is 7.74. The van der Waals surface area contributed by atoms with Crippen molar-refractivity contribution in [3.63, 3.8) is 0 Å². The Morgan fingerprint density at radius 3 is 2.43 bits per heavy atom. The molecule has 8 rings (SSSR count). The predicted octanol–water partition coefficient (Wildman–Crippen LogP) is 2.51. The van der Waals surface area contributed by atoms with Gasteiger partial charge in [0.2, 0.25) is 0 Å². The summed E-state index contributed by atoms with van der Waals surface area (Å²) in [6.45, 7) is 2.70. The number of nitrogens with one attached hydrogen (secondary N) is 2. The standard InChI is InChI=1S/C20H33N3/c1-2-16-11-15(1)19(22-16)17-9-14-5-8-23(17)18(10-14)20-6-3-13(4-7-20)12-21-20/h13-19,21-22H,1-12H2. The van der Waals surface area contributed by atoms with Crippen LogP contribution < -0.4 is 10.6 Å². The van der Waals surface area contributed by atoms with Gasteiger partial charge in [-0.3, -0.25) is 4.90 Å². The van der Waals surface area contributed by atoms with E-state index in [0.29, 0.717) is 5.54 Å². The van der Waals surface area contributed by atoms with E-state index in [4.69, 9.17) is 0 Å². The van der Waals surface area contributed by atoms with Gasteiger partial charge in [0, 0.05) is 29.7 Å². The summed E-state index contributed by atoms with van der Waals surface area (Å²) < 4.78 is 0. The van der Waals surface area contributed by atoms with E-state index >= 15 is 0 Å². The first-order chi connectivity index (χ1) is 11.3. The van der Waals surface area contributed by atoms with Crippen LogP contribution in [0.5, 0.6) is 0 Å². The molecule has 7 atom stereocenters. The molecule has 0 aromatic heterocycles. The van der Waals surface area contributed by atoms with Crippen LogP contribution >= 0.6 is 0 Å². The second-order valence-electron chi connectivity index (χ2n) is 9.89. The van der Waals surface area contributed by atoms with Gasteiger partial charge in [-0.1, -0.05) is 0 Å². The molecule has 3 nitrogen and oxygen atoms in total. The van der Waals surface area contributed by atoms with Gasteiger partial charge in [-0.05, 0) is 95.1 Å². The molecule has 0 amide bonds. The van der Waals surface area contributed by atoms with Crippen molar-refractivity contribution in [1.29, 1.82) is 0 Å². The van der Waals surface area contributed by atoms with E-state index < -0.39 is 0 Å². The largest absolute Gasteiger partial charge is 0.309 e. The maximum absolute atomic E-state index is 4.07. The molecule has 0 radical (unpaired) electrons. The van der Waals surface area contributed by atoms with Gasteiger partial charge in [0.15, 0.2) is 0 Å².